The molecule has 0 spiro atoms. The minimum absolute atomic E-state index is 0. The molecule has 3 atom stereocenters. The van der Waals surface area contributed by atoms with E-state index in [1.165, 1.54) is 44.5 Å². The summed E-state index contributed by atoms with van der Waals surface area (Å²) in [6.45, 7) is 19.1. The maximum Gasteiger partial charge on any atom is 0.220 e. The number of benzene rings is 6. The van der Waals surface area contributed by atoms with E-state index in [1.807, 2.05) is 76.5 Å². The Balaban J connectivity index is 0.000000174. The summed E-state index contributed by atoms with van der Waals surface area (Å²) < 4.78 is 27.5. The van der Waals surface area contributed by atoms with Gasteiger partial charge in [-0.05, 0) is 161 Å². The molecule has 0 unspecified atom stereocenters. The zero-order valence-electron chi connectivity index (χ0n) is 56.6. The molecule has 503 valence electrons. The van der Waals surface area contributed by atoms with Crippen molar-refractivity contribution in [1.29, 1.82) is 0 Å². The number of carbonyl (C=O) groups excluding carboxylic acids is 3. The number of nitrogens with one attached hydrogen (secondary N) is 3. The Kier molecular flexibility index (Phi) is 27.8. The van der Waals surface area contributed by atoms with Gasteiger partial charge in [-0.25, -0.2) is 9.36 Å². The van der Waals surface area contributed by atoms with Gasteiger partial charge in [-0.15, -0.1) is 0 Å². The summed E-state index contributed by atoms with van der Waals surface area (Å²) in [7, 11) is -2.15. The molecule has 96 heavy (non-hydrogen) atoms. The summed E-state index contributed by atoms with van der Waals surface area (Å²) in [5.41, 5.74) is 14.4. The number of allylic oxidation sites excluding steroid dienone is 1. The van der Waals surface area contributed by atoms with Crippen LogP contribution in [0.25, 0.3) is 28.1 Å². The normalized spacial score (nSPS) is 16.7. The first kappa shape index (κ1) is 73.2. The Morgan fingerprint density at radius 3 is 1.18 bits per heavy atom. The standard InChI is InChI=1S/C27H35N3O3Si.C22H28N2O2Si.C22H22N2O2.C5H9NO2.B/c1-34(2,3)17-16-32-20-30-26(14-15-29-30)23-8-4-21(5-9-23)18-22-6-10-24(11-7-22)33-25-12-13-27(31)28-19-25;1-27(2,3)15-14-26-17-24-22(12-13-23-24)20-8-4-18(5-9-20)16-19-6-10-21(25)11-7-19;25-22-10-9-21(15-24-22)26-20-7-3-17(4-8-20)13-16-1-5-18(6-2-16)19-11-12-23-14-19;7-4-1-2-5(8)6-3-4;/h4-11,14-15,25H,12-13,16-20H2,1-3H3,(H,28,31);4-13,25H,14-17H2,1-3H3;1-8,11-12,21H,9-10,13-15H2,(H,24,25);4,7H,1-3H2,(H,6,8);/t25-;;21-;4-;/m1.10./s1. The molecule has 8 aromatic rings. The highest BCUT2D eigenvalue weighted by Gasteiger charge is 2.22. The average molecular weight is 1330 g/mol. The molecular weight excluding hydrogens is 1240 g/mol. The summed E-state index contributed by atoms with van der Waals surface area (Å²) in [6.07, 6.45) is 13.7. The Hall–Kier alpha value is -8.66. The number of phenolic OH excluding ortho intramolecular Hbond substituents is 1. The highest BCUT2D eigenvalue weighted by molar-refractivity contribution is 6.76. The van der Waals surface area contributed by atoms with Crippen LogP contribution in [0.15, 0.2) is 181 Å². The first-order valence-corrected chi connectivity index (χ1v) is 40.7. The van der Waals surface area contributed by atoms with E-state index in [0.29, 0.717) is 64.5 Å². The molecule has 6 heterocycles. The van der Waals surface area contributed by atoms with Gasteiger partial charge in [-0.2, -0.15) is 10.2 Å². The molecular formula is C76H94BN8O9Si2. The second kappa shape index (κ2) is 36.5. The molecule has 0 aliphatic carbocycles. The fourth-order valence-corrected chi connectivity index (χ4v) is 12.3. The van der Waals surface area contributed by atoms with Gasteiger partial charge >= 0.3 is 0 Å². The predicted molar refractivity (Wildman–Crippen MR) is 388 cm³/mol. The topological polar surface area (TPSA) is 213 Å². The van der Waals surface area contributed by atoms with Gasteiger partial charge in [-0.3, -0.25) is 19.4 Å². The molecule has 5 N–H and O–H groups in total. The first-order valence-electron chi connectivity index (χ1n) is 33.2. The van der Waals surface area contributed by atoms with Crippen LogP contribution in [0.5, 0.6) is 17.2 Å². The van der Waals surface area contributed by atoms with E-state index in [1.54, 1.807) is 12.1 Å². The van der Waals surface area contributed by atoms with E-state index in [4.69, 9.17) is 24.1 Å². The minimum Gasteiger partial charge on any atom is -0.508 e. The first-order chi connectivity index (χ1) is 45.8. The summed E-state index contributed by atoms with van der Waals surface area (Å²) in [4.78, 5) is 37.1. The van der Waals surface area contributed by atoms with Gasteiger partial charge in [0.25, 0.3) is 0 Å². The second-order valence-electron chi connectivity index (χ2n) is 27.0. The molecule has 12 rings (SSSR count). The number of β-amino-alcohol motifs (C(OH)–C–C–N with tert-alkyl or cyclic N) is 1. The van der Waals surface area contributed by atoms with E-state index < -0.39 is 16.1 Å². The lowest BCUT2D eigenvalue weighted by molar-refractivity contribution is -0.124. The van der Waals surface area contributed by atoms with Gasteiger partial charge < -0.3 is 45.1 Å². The minimum atomic E-state index is -1.09. The maximum atomic E-state index is 11.3. The molecule has 0 bridgehead atoms. The third kappa shape index (κ3) is 24.8. The van der Waals surface area contributed by atoms with Gasteiger partial charge in [0.05, 0.1) is 37.1 Å². The second-order valence-corrected chi connectivity index (χ2v) is 38.3. The van der Waals surface area contributed by atoms with Crippen molar-refractivity contribution in [2.24, 2.45) is 4.99 Å². The molecule has 4 aliphatic rings. The number of phenols is 1. The highest BCUT2D eigenvalue weighted by atomic mass is 28.3. The Morgan fingerprint density at radius 2 is 0.844 bits per heavy atom. The fraction of sp³-hybridized carbons (Fsp3) is 0.368. The number of carbonyl (C=O) groups is 3. The maximum absolute atomic E-state index is 11.3. The quantitative estimate of drug-likeness (QED) is 0.0300. The summed E-state index contributed by atoms with van der Waals surface area (Å²) in [5.74, 6) is 2.28. The van der Waals surface area contributed by atoms with Gasteiger partial charge in [0, 0.05) is 82.2 Å². The molecule has 3 radical (unpaired) electrons. The lowest BCUT2D eigenvalue weighted by Gasteiger charge is -2.23. The number of amides is 3. The number of piperidine rings is 3. The lowest BCUT2D eigenvalue weighted by Crippen LogP contribution is -2.40. The van der Waals surface area contributed by atoms with Crippen molar-refractivity contribution < 1.29 is 43.5 Å². The van der Waals surface area contributed by atoms with Gasteiger partial charge in [0.15, 0.2) is 0 Å². The molecule has 20 heteroatoms. The highest BCUT2D eigenvalue weighted by Crippen LogP contribution is 2.26. The summed E-state index contributed by atoms with van der Waals surface area (Å²) >= 11 is 0. The van der Waals surface area contributed by atoms with Crippen LogP contribution < -0.4 is 25.4 Å². The van der Waals surface area contributed by atoms with Crippen molar-refractivity contribution in [3.8, 4) is 39.8 Å². The predicted octanol–water partition coefficient (Wildman–Crippen LogP) is 12.5. The van der Waals surface area contributed by atoms with Gasteiger partial charge in [0.1, 0.15) is 42.9 Å². The van der Waals surface area contributed by atoms with E-state index in [0.717, 1.165) is 98.0 Å². The van der Waals surface area contributed by atoms with Crippen LogP contribution in [0.4, 0.5) is 0 Å². The number of aliphatic imine (C=N–C) groups is 1. The zero-order valence-corrected chi connectivity index (χ0v) is 58.6. The molecule has 6 aromatic carbocycles. The number of aromatic hydroxyl groups is 1. The number of aliphatic hydroxyl groups is 1. The van der Waals surface area contributed by atoms with Crippen LogP contribution in [-0.4, -0.2) is 136 Å². The third-order valence-corrected chi connectivity index (χ3v) is 20.0. The van der Waals surface area contributed by atoms with Crippen molar-refractivity contribution in [2.75, 3.05) is 39.4 Å². The molecule has 17 nitrogen and oxygen atoms in total. The third-order valence-electron chi connectivity index (χ3n) is 16.6. The van der Waals surface area contributed by atoms with Crippen LogP contribution in [0.1, 0.15) is 77.5 Å². The van der Waals surface area contributed by atoms with E-state index in [2.05, 4.69) is 174 Å². The van der Waals surface area contributed by atoms with Crippen LogP contribution in [0.2, 0.25) is 51.4 Å². The number of aliphatic hydroxyl groups excluding tert-OH is 1. The van der Waals surface area contributed by atoms with Crippen molar-refractivity contribution >= 4 is 54.1 Å². The number of ether oxygens (including phenoxy) is 4. The number of aromatic nitrogens is 4. The van der Waals surface area contributed by atoms with Crippen molar-refractivity contribution in [3.63, 3.8) is 0 Å². The lowest BCUT2D eigenvalue weighted by atomic mass is 10.0. The molecule has 4 aliphatic heterocycles. The van der Waals surface area contributed by atoms with E-state index in [9.17, 15) is 19.5 Å². The summed E-state index contributed by atoms with van der Waals surface area (Å²) in [5, 5.41) is 35.3. The van der Waals surface area contributed by atoms with E-state index >= 15 is 0 Å². The molecule has 3 fully saturated rings. The van der Waals surface area contributed by atoms with Crippen molar-refractivity contribution in [3.05, 3.63) is 215 Å². The largest absolute Gasteiger partial charge is 0.508 e. The van der Waals surface area contributed by atoms with E-state index in [-0.39, 0.29) is 44.4 Å². The smallest absolute Gasteiger partial charge is 0.220 e. The van der Waals surface area contributed by atoms with Gasteiger partial charge in [-0.1, -0.05) is 148 Å². The molecule has 3 amide bonds. The number of hydrogen-bond donors (Lipinski definition) is 5. The fourth-order valence-electron chi connectivity index (χ4n) is 10.8. The van der Waals surface area contributed by atoms with Crippen molar-refractivity contribution in [2.45, 2.75) is 141 Å². The number of hydrogen-bond acceptors (Lipinski definition) is 12. The van der Waals surface area contributed by atoms with Crippen molar-refractivity contribution in [1.82, 2.24) is 35.5 Å². The Labute approximate surface area is 570 Å². The average Bonchev–Trinajstić information content (AvgIpc) is 1.60. The summed E-state index contributed by atoms with van der Waals surface area (Å²) in [6, 6.07) is 56.1. The zero-order chi connectivity index (χ0) is 67.0. The molecule has 2 aromatic heterocycles. The van der Waals surface area contributed by atoms with Crippen LogP contribution in [0.3, 0.4) is 0 Å². The van der Waals surface area contributed by atoms with Crippen LogP contribution in [-0.2, 0) is 56.6 Å². The molecule has 0 saturated carbocycles. The Bertz CT molecular complexity index is 3730. The number of rotatable bonds is 23. The van der Waals surface area contributed by atoms with Crippen LogP contribution >= 0.6 is 0 Å². The number of nitrogens with zero attached hydrogens (tertiary/aromatic N) is 5. The Morgan fingerprint density at radius 1 is 0.479 bits per heavy atom. The molecule has 3 saturated heterocycles. The monoisotopic (exact) mass is 1330 g/mol. The SMILES string of the molecule is C[Si](C)(C)CCOCn1nccc1-c1ccc(Cc2ccc(O)cc2)cc1.C[Si](C)(C)CCOCn1nccc1-c1ccc(Cc2ccc(O[C@@H]3CCC(=O)NC3)cc2)cc1.O=C1CC[C@@H](Oc2ccc(Cc3ccc(C4=CC=NC4)cc3)cc2)CN1.O=C1CC[C@H](O)CN1.[B]. The van der Waals surface area contributed by atoms with Crippen LogP contribution in [0, 0.1) is 0 Å². The van der Waals surface area contributed by atoms with Gasteiger partial charge in [0.2, 0.25) is 17.7 Å².